The smallest absolute Gasteiger partial charge is 0.342 e. The van der Waals surface area contributed by atoms with Crippen LogP contribution in [-0.2, 0) is 16.1 Å². The van der Waals surface area contributed by atoms with Crippen LogP contribution in [0.25, 0.3) is 0 Å². The zero-order chi connectivity index (χ0) is 23.3. The Morgan fingerprint density at radius 2 is 1.78 bits per heavy atom. The second-order valence-electron chi connectivity index (χ2n) is 6.77. The van der Waals surface area contributed by atoms with Crippen molar-refractivity contribution in [3.63, 3.8) is 0 Å². The fraction of sp³-hybridized carbons (Fsp3) is 0.261. The van der Waals surface area contributed by atoms with Crippen LogP contribution in [0.4, 0.5) is 10.8 Å². The number of aromatic nitrogens is 1. The molecule has 0 aliphatic rings. The zero-order valence-corrected chi connectivity index (χ0v) is 19.3. The standard InChI is InChI=1S/C23H24N2O6S/c1-14-7-6-8-17(11-14)25(15(2)26)23-24-16(13-32-23)12-31-22(27)18-9-10-19(28-3)21(30-5)20(18)29-4/h6-11,13H,12H2,1-5H3. The number of rotatable bonds is 8. The number of ether oxygens (including phenoxy) is 4. The van der Waals surface area contributed by atoms with E-state index >= 15 is 0 Å². The Morgan fingerprint density at radius 3 is 2.41 bits per heavy atom. The summed E-state index contributed by atoms with van der Waals surface area (Å²) in [6.07, 6.45) is 0. The summed E-state index contributed by atoms with van der Waals surface area (Å²) in [5.41, 5.74) is 2.48. The highest BCUT2D eigenvalue weighted by Crippen LogP contribution is 2.40. The summed E-state index contributed by atoms with van der Waals surface area (Å²) in [6, 6.07) is 10.7. The van der Waals surface area contributed by atoms with Gasteiger partial charge in [-0.05, 0) is 36.8 Å². The maximum absolute atomic E-state index is 12.7. The van der Waals surface area contributed by atoms with Crippen LogP contribution < -0.4 is 19.1 Å². The van der Waals surface area contributed by atoms with Crippen LogP contribution in [0, 0.1) is 6.92 Å². The van der Waals surface area contributed by atoms with Crippen LogP contribution in [0.5, 0.6) is 17.2 Å². The van der Waals surface area contributed by atoms with Crippen LogP contribution in [-0.4, -0.2) is 38.2 Å². The van der Waals surface area contributed by atoms with Crippen LogP contribution in [0.3, 0.4) is 0 Å². The van der Waals surface area contributed by atoms with E-state index < -0.39 is 5.97 Å². The molecule has 32 heavy (non-hydrogen) atoms. The fourth-order valence-corrected chi connectivity index (χ4v) is 4.01. The average molecular weight is 457 g/mol. The number of nitrogens with zero attached hydrogens (tertiary/aromatic N) is 2. The minimum Gasteiger partial charge on any atom is -0.493 e. The predicted molar refractivity (Wildman–Crippen MR) is 121 cm³/mol. The van der Waals surface area contributed by atoms with E-state index in [1.165, 1.54) is 44.5 Å². The van der Waals surface area contributed by atoms with Crippen molar-refractivity contribution in [1.29, 1.82) is 0 Å². The van der Waals surface area contributed by atoms with Gasteiger partial charge in [-0.25, -0.2) is 9.78 Å². The first-order valence-electron chi connectivity index (χ1n) is 9.67. The van der Waals surface area contributed by atoms with Gasteiger partial charge in [-0.3, -0.25) is 9.69 Å². The summed E-state index contributed by atoms with van der Waals surface area (Å²) in [5.74, 6) is 0.196. The third kappa shape index (κ3) is 4.83. The summed E-state index contributed by atoms with van der Waals surface area (Å²) < 4.78 is 21.3. The summed E-state index contributed by atoms with van der Waals surface area (Å²) in [4.78, 5) is 31.0. The molecule has 1 heterocycles. The topological polar surface area (TPSA) is 87.2 Å². The van der Waals surface area contributed by atoms with Gasteiger partial charge >= 0.3 is 5.97 Å². The van der Waals surface area contributed by atoms with E-state index in [0.29, 0.717) is 22.3 Å². The number of methoxy groups -OCH3 is 3. The molecule has 0 aliphatic carbocycles. The highest BCUT2D eigenvalue weighted by molar-refractivity contribution is 7.14. The molecule has 3 aromatic rings. The monoisotopic (exact) mass is 456 g/mol. The van der Waals surface area contributed by atoms with E-state index in [9.17, 15) is 9.59 Å². The normalized spacial score (nSPS) is 10.4. The number of amides is 1. The number of thiazole rings is 1. The second kappa shape index (κ2) is 10.1. The number of carbonyl (C=O) groups excluding carboxylic acids is 2. The minimum absolute atomic E-state index is 0.0631. The van der Waals surface area contributed by atoms with E-state index in [2.05, 4.69) is 4.98 Å². The fourth-order valence-electron chi connectivity index (χ4n) is 3.14. The van der Waals surface area contributed by atoms with Crippen molar-refractivity contribution in [3.05, 3.63) is 58.6 Å². The lowest BCUT2D eigenvalue weighted by atomic mass is 10.1. The molecular formula is C23H24N2O6S. The molecule has 1 amide bonds. The molecule has 8 nitrogen and oxygen atoms in total. The lowest BCUT2D eigenvalue weighted by molar-refractivity contribution is -0.115. The Hall–Kier alpha value is -3.59. The number of hydrogen-bond acceptors (Lipinski definition) is 8. The number of esters is 1. The largest absolute Gasteiger partial charge is 0.493 e. The third-order valence-electron chi connectivity index (χ3n) is 4.58. The molecule has 168 valence electrons. The van der Waals surface area contributed by atoms with Gasteiger partial charge in [0.1, 0.15) is 12.2 Å². The number of aryl methyl sites for hydroxylation is 1. The molecule has 9 heteroatoms. The number of carbonyl (C=O) groups is 2. The highest BCUT2D eigenvalue weighted by Gasteiger charge is 2.23. The Bertz CT molecular complexity index is 1130. The molecule has 0 aliphatic heterocycles. The average Bonchev–Trinajstić information content (AvgIpc) is 3.24. The van der Waals surface area contributed by atoms with E-state index in [1.807, 2.05) is 31.2 Å². The first-order chi connectivity index (χ1) is 15.4. The van der Waals surface area contributed by atoms with Gasteiger partial charge in [-0.1, -0.05) is 12.1 Å². The van der Waals surface area contributed by atoms with Crippen LogP contribution in [0.2, 0.25) is 0 Å². The molecule has 0 spiro atoms. The molecule has 0 fully saturated rings. The number of anilines is 2. The number of hydrogen-bond donors (Lipinski definition) is 0. The molecule has 0 radical (unpaired) electrons. The Kier molecular flexibility index (Phi) is 7.32. The van der Waals surface area contributed by atoms with Crippen molar-refractivity contribution in [1.82, 2.24) is 4.98 Å². The Morgan fingerprint density at radius 1 is 1.03 bits per heavy atom. The van der Waals surface area contributed by atoms with Crippen molar-refractivity contribution in [3.8, 4) is 17.2 Å². The number of benzene rings is 2. The SMILES string of the molecule is COc1ccc(C(=O)OCc2csc(N(C(C)=O)c3cccc(C)c3)n2)c(OC)c1OC. The van der Waals surface area contributed by atoms with Crippen molar-refractivity contribution in [2.24, 2.45) is 0 Å². The molecule has 0 saturated carbocycles. The van der Waals surface area contributed by atoms with Gasteiger partial charge in [0.15, 0.2) is 16.6 Å². The molecule has 0 bridgehead atoms. The van der Waals surface area contributed by atoms with Gasteiger partial charge in [0.25, 0.3) is 0 Å². The lowest BCUT2D eigenvalue weighted by Crippen LogP contribution is -2.22. The molecular weight excluding hydrogens is 432 g/mol. The minimum atomic E-state index is -0.598. The lowest BCUT2D eigenvalue weighted by Gasteiger charge is -2.18. The van der Waals surface area contributed by atoms with Crippen molar-refractivity contribution in [2.45, 2.75) is 20.5 Å². The molecule has 2 aromatic carbocycles. The van der Waals surface area contributed by atoms with Gasteiger partial charge in [0.05, 0.1) is 32.7 Å². The second-order valence-corrected chi connectivity index (χ2v) is 7.61. The Balaban J connectivity index is 1.78. The van der Waals surface area contributed by atoms with Crippen molar-refractivity contribution >= 4 is 34.0 Å². The van der Waals surface area contributed by atoms with E-state index in [0.717, 1.165) is 11.3 Å². The zero-order valence-electron chi connectivity index (χ0n) is 18.5. The third-order valence-corrected chi connectivity index (χ3v) is 5.46. The van der Waals surface area contributed by atoms with Gasteiger partial charge in [-0.2, -0.15) is 0 Å². The molecule has 0 unspecified atom stereocenters. The van der Waals surface area contributed by atoms with Crippen LogP contribution >= 0.6 is 11.3 Å². The molecule has 1 aromatic heterocycles. The summed E-state index contributed by atoms with van der Waals surface area (Å²) in [7, 11) is 4.39. The first-order valence-corrected chi connectivity index (χ1v) is 10.5. The Labute approximate surface area is 190 Å². The summed E-state index contributed by atoms with van der Waals surface area (Å²) in [5, 5.41) is 2.25. The first kappa shape index (κ1) is 23.1. The van der Waals surface area contributed by atoms with Crippen molar-refractivity contribution < 1.29 is 28.5 Å². The summed E-state index contributed by atoms with van der Waals surface area (Å²) in [6.45, 7) is 3.37. The van der Waals surface area contributed by atoms with Gasteiger partial charge in [0, 0.05) is 12.3 Å². The quantitative estimate of drug-likeness (QED) is 0.461. The molecule has 3 rings (SSSR count). The van der Waals surface area contributed by atoms with Gasteiger partial charge < -0.3 is 18.9 Å². The van der Waals surface area contributed by atoms with E-state index in [-0.39, 0.29) is 23.8 Å². The van der Waals surface area contributed by atoms with E-state index in [4.69, 9.17) is 18.9 Å². The van der Waals surface area contributed by atoms with E-state index in [1.54, 1.807) is 17.5 Å². The van der Waals surface area contributed by atoms with Gasteiger partial charge in [-0.15, -0.1) is 11.3 Å². The molecule has 0 saturated heterocycles. The maximum atomic E-state index is 12.7. The van der Waals surface area contributed by atoms with Crippen LogP contribution in [0.1, 0.15) is 28.5 Å². The highest BCUT2D eigenvalue weighted by atomic mass is 32.1. The van der Waals surface area contributed by atoms with Gasteiger partial charge in [0.2, 0.25) is 11.7 Å². The van der Waals surface area contributed by atoms with Crippen molar-refractivity contribution in [2.75, 3.05) is 26.2 Å². The predicted octanol–water partition coefficient (Wildman–Crippen LogP) is 4.52. The molecule has 0 N–H and O–H groups in total. The molecule has 0 atom stereocenters. The van der Waals surface area contributed by atoms with Crippen LogP contribution in [0.15, 0.2) is 41.8 Å². The maximum Gasteiger partial charge on any atom is 0.342 e. The summed E-state index contributed by atoms with van der Waals surface area (Å²) >= 11 is 1.29.